The molecule has 6 nitrogen and oxygen atoms in total. The summed E-state index contributed by atoms with van der Waals surface area (Å²) in [5.41, 5.74) is 2.63. The van der Waals surface area contributed by atoms with Gasteiger partial charge in [-0.05, 0) is 42.2 Å². The predicted octanol–water partition coefficient (Wildman–Crippen LogP) is 3.47. The molecule has 0 spiro atoms. The van der Waals surface area contributed by atoms with Crippen LogP contribution >= 0.6 is 0 Å². The van der Waals surface area contributed by atoms with Gasteiger partial charge in [-0.15, -0.1) is 0 Å². The van der Waals surface area contributed by atoms with Crippen molar-refractivity contribution in [3.8, 4) is 17.2 Å². The number of aromatic nitrogens is 1. The molecule has 1 aliphatic heterocycles. The lowest BCUT2D eigenvalue weighted by Gasteiger charge is -2.27. The van der Waals surface area contributed by atoms with Crippen LogP contribution < -0.4 is 0 Å². The van der Waals surface area contributed by atoms with E-state index in [1.165, 1.54) is 23.2 Å². The van der Waals surface area contributed by atoms with E-state index in [2.05, 4.69) is 11.1 Å². The van der Waals surface area contributed by atoms with Crippen LogP contribution in [0.15, 0.2) is 48.7 Å². The molecule has 1 aromatic heterocycles. The summed E-state index contributed by atoms with van der Waals surface area (Å²) >= 11 is 0. The molecule has 162 valence electrons. The van der Waals surface area contributed by atoms with Crippen LogP contribution in [0.3, 0.4) is 0 Å². The summed E-state index contributed by atoms with van der Waals surface area (Å²) in [6.07, 6.45) is 3.13. The first-order chi connectivity index (χ1) is 15.3. The molecular formula is C24H20FN3O3S. The summed E-state index contributed by atoms with van der Waals surface area (Å²) in [4.78, 5) is 19.2. The van der Waals surface area contributed by atoms with Crippen LogP contribution in [0.1, 0.15) is 28.8 Å². The average Bonchev–Trinajstić information content (AvgIpc) is 3.59. The lowest BCUT2D eigenvalue weighted by Crippen LogP contribution is -2.43. The molecule has 1 aliphatic carbocycles. The largest absolute Gasteiger partial charge is 0.337 e. The van der Waals surface area contributed by atoms with E-state index in [0.717, 1.165) is 18.4 Å². The van der Waals surface area contributed by atoms with Crippen LogP contribution in [0.25, 0.3) is 22.0 Å². The fourth-order valence-electron chi connectivity index (χ4n) is 4.27. The third kappa shape index (κ3) is 3.53. The van der Waals surface area contributed by atoms with Gasteiger partial charge >= 0.3 is 0 Å². The Morgan fingerprint density at radius 2 is 1.78 bits per heavy atom. The Labute approximate surface area is 185 Å². The minimum absolute atomic E-state index is 0.0748. The minimum atomic E-state index is -3.13. The Bertz CT molecular complexity index is 1380. The summed E-state index contributed by atoms with van der Waals surface area (Å²) < 4.78 is 37.7. The molecular weight excluding hydrogens is 429 g/mol. The maximum Gasteiger partial charge on any atom is 0.256 e. The van der Waals surface area contributed by atoms with Crippen LogP contribution in [0, 0.1) is 17.1 Å². The highest BCUT2D eigenvalue weighted by Gasteiger charge is 2.44. The Kier molecular flexibility index (Phi) is 4.75. The normalized spacial score (nSPS) is 18.8. The van der Waals surface area contributed by atoms with Crippen LogP contribution in [-0.4, -0.2) is 48.8 Å². The molecule has 3 aromatic rings. The molecule has 1 amide bonds. The number of pyridine rings is 1. The molecule has 2 aliphatic rings. The molecule has 2 fully saturated rings. The standard InChI is InChI=1S/C24H20FN3O3S/c25-18-5-6-21-19(13-18)22(16-1-3-17(4-2-16)24(15-26)7-8-24)20(14-27-21)23(29)28-9-11-32(30,31)12-10-28/h1-6,13-14H,7-12H2. The van der Waals surface area contributed by atoms with Crippen molar-refractivity contribution >= 4 is 26.6 Å². The molecule has 2 aromatic carbocycles. The number of amides is 1. The van der Waals surface area contributed by atoms with E-state index in [1.54, 1.807) is 6.07 Å². The first-order valence-corrected chi connectivity index (χ1v) is 12.2. The molecule has 5 rings (SSSR count). The zero-order valence-electron chi connectivity index (χ0n) is 17.2. The van der Waals surface area contributed by atoms with Gasteiger partial charge in [0, 0.05) is 30.2 Å². The molecule has 0 radical (unpaired) electrons. The first kappa shape index (κ1) is 20.6. The fourth-order valence-corrected chi connectivity index (χ4v) is 5.47. The molecule has 0 atom stereocenters. The Morgan fingerprint density at radius 3 is 2.41 bits per heavy atom. The molecule has 0 bridgehead atoms. The van der Waals surface area contributed by atoms with Crippen LogP contribution in [0.2, 0.25) is 0 Å². The van der Waals surface area contributed by atoms with Crippen molar-refractivity contribution in [1.82, 2.24) is 9.88 Å². The van der Waals surface area contributed by atoms with E-state index in [4.69, 9.17) is 0 Å². The number of rotatable bonds is 3. The van der Waals surface area contributed by atoms with Crippen molar-refractivity contribution in [2.75, 3.05) is 24.6 Å². The summed E-state index contributed by atoms with van der Waals surface area (Å²) in [7, 11) is -3.13. The number of halogens is 1. The van der Waals surface area contributed by atoms with E-state index in [9.17, 15) is 22.9 Å². The molecule has 32 heavy (non-hydrogen) atoms. The quantitative estimate of drug-likeness (QED) is 0.611. The van der Waals surface area contributed by atoms with Gasteiger partial charge in [0.05, 0.1) is 34.1 Å². The van der Waals surface area contributed by atoms with Crippen LogP contribution in [0.4, 0.5) is 4.39 Å². The van der Waals surface area contributed by atoms with Crippen LogP contribution in [0.5, 0.6) is 0 Å². The number of benzene rings is 2. The van der Waals surface area contributed by atoms with Gasteiger partial charge in [-0.3, -0.25) is 9.78 Å². The van der Waals surface area contributed by atoms with E-state index in [0.29, 0.717) is 27.6 Å². The minimum Gasteiger partial charge on any atom is -0.337 e. The second kappa shape index (κ2) is 7.38. The monoisotopic (exact) mass is 449 g/mol. The number of nitrogens with zero attached hydrogens (tertiary/aromatic N) is 3. The van der Waals surface area contributed by atoms with Gasteiger partial charge in [-0.2, -0.15) is 5.26 Å². The highest BCUT2D eigenvalue weighted by molar-refractivity contribution is 7.91. The van der Waals surface area contributed by atoms with Crippen molar-refractivity contribution in [1.29, 1.82) is 5.26 Å². The summed E-state index contributed by atoms with van der Waals surface area (Å²) in [6, 6.07) is 14.1. The van der Waals surface area contributed by atoms with Crippen LogP contribution in [-0.2, 0) is 15.3 Å². The second-order valence-corrected chi connectivity index (χ2v) is 10.7. The first-order valence-electron chi connectivity index (χ1n) is 10.4. The van der Waals surface area contributed by atoms with Crippen molar-refractivity contribution in [2.45, 2.75) is 18.3 Å². The topological polar surface area (TPSA) is 91.1 Å². The lowest BCUT2D eigenvalue weighted by molar-refractivity contribution is 0.0771. The highest BCUT2D eigenvalue weighted by atomic mass is 32.2. The van der Waals surface area contributed by atoms with Crippen molar-refractivity contribution in [3.63, 3.8) is 0 Å². The van der Waals surface area contributed by atoms with Crippen molar-refractivity contribution in [3.05, 3.63) is 65.6 Å². The van der Waals surface area contributed by atoms with Gasteiger partial charge in [-0.1, -0.05) is 24.3 Å². The third-order valence-electron chi connectivity index (χ3n) is 6.38. The van der Waals surface area contributed by atoms with Gasteiger partial charge < -0.3 is 4.90 Å². The number of carbonyl (C=O) groups is 1. The maximum absolute atomic E-state index is 14.2. The molecule has 0 unspecified atom stereocenters. The highest BCUT2D eigenvalue weighted by Crippen LogP contribution is 2.48. The Morgan fingerprint density at radius 1 is 1.09 bits per heavy atom. The van der Waals surface area contributed by atoms with Crippen molar-refractivity contribution < 1.29 is 17.6 Å². The van der Waals surface area contributed by atoms with Gasteiger partial charge in [0.1, 0.15) is 5.82 Å². The fraction of sp³-hybridized carbons (Fsp3) is 0.292. The number of hydrogen-bond donors (Lipinski definition) is 0. The van der Waals surface area contributed by atoms with Crippen molar-refractivity contribution in [2.24, 2.45) is 0 Å². The van der Waals surface area contributed by atoms with E-state index >= 15 is 0 Å². The predicted molar refractivity (Wildman–Crippen MR) is 118 cm³/mol. The average molecular weight is 450 g/mol. The Hall–Kier alpha value is -3.31. The SMILES string of the molecule is N#CC1(c2ccc(-c3c(C(=O)N4CCS(=O)(=O)CC4)cnc4ccc(F)cc34)cc2)CC1. The summed E-state index contributed by atoms with van der Waals surface area (Å²) in [5.74, 6) is -0.913. The van der Waals surface area contributed by atoms with E-state index in [-0.39, 0.29) is 30.5 Å². The molecule has 1 saturated heterocycles. The van der Waals surface area contributed by atoms with Gasteiger partial charge in [-0.25, -0.2) is 12.8 Å². The zero-order valence-corrected chi connectivity index (χ0v) is 18.0. The number of carbonyl (C=O) groups excluding carboxylic acids is 1. The maximum atomic E-state index is 14.2. The number of fused-ring (bicyclic) bond motifs is 1. The van der Waals surface area contributed by atoms with Gasteiger partial charge in [0.25, 0.3) is 5.91 Å². The summed E-state index contributed by atoms with van der Waals surface area (Å²) in [6.45, 7) is 0.233. The van der Waals surface area contributed by atoms with E-state index in [1.807, 2.05) is 24.3 Å². The van der Waals surface area contributed by atoms with Gasteiger partial charge in [0.2, 0.25) is 0 Å². The molecule has 1 saturated carbocycles. The Balaban J connectivity index is 1.62. The third-order valence-corrected chi connectivity index (χ3v) is 7.99. The summed E-state index contributed by atoms with van der Waals surface area (Å²) in [5, 5.41) is 9.98. The molecule has 2 heterocycles. The lowest BCUT2D eigenvalue weighted by atomic mass is 9.91. The molecule has 0 N–H and O–H groups in total. The van der Waals surface area contributed by atoms with E-state index < -0.39 is 21.1 Å². The molecule has 8 heteroatoms. The number of hydrogen-bond acceptors (Lipinski definition) is 5. The number of sulfone groups is 1. The zero-order chi connectivity index (χ0) is 22.5. The second-order valence-electron chi connectivity index (χ2n) is 8.42. The smallest absolute Gasteiger partial charge is 0.256 e. The van der Waals surface area contributed by atoms with Gasteiger partial charge in [0.15, 0.2) is 9.84 Å². The number of nitriles is 1.